The largest absolute Gasteiger partial charge is 0.346 e. The van der Waals surface area contributed by atoms with Crippen LogP contribution in [0.1, 0.15) is 12.5 Å². The Bertz CT molecular complexity index is 394. The third-order valence-electron chi connectivity index (χ3n) is 2.09. The molecular formula is C12H14N2. The van der Waals surface area contributed by atoms with Crippen LogP contribution in [0.3, 0.4) is 0 Å². The molecule has 0 radical (unpaired) electrons. The highest BCUT2D eigenvalue weighted by Gasteiger charge is 2.07. The number of nitrogens with zero attached hydrogens (tertiary/aromatic N) is 1. The monoisotopic (exact) mass is 186 g/mol. The van der Waals surface area contributed by atoms with Crippen LogP contribution in [-0.2, 0) is 0 Å². The lowest BCUT2D eigenvalue weighted by Crippen LogP contribution is -1.83. The van der Waals surface area contributed by atoms with Crippen LogP contribution in [0.2, 0.25) is 0 Å². The van der Waals surface area contributed by atoms with E-state index in [2.05, 4.69) is 29.9 Å². The highest BCUT2D eigenvalue weighted by atomic mass is 14.9. The molecule has 1 aromatic heterocycles. The van der Waals surface area contributed by atoms with Crippen molar-refractivity contribution in [3.63, 3.8) is 0 Å². The molecule has 0 aromatic carbocycles. The van der Waals surface area contributed by atoms with E-state index in [0.717, 1.165) is 22.5 Å². The van der Waals surface area contributed by atoms with Crippen LogP contribution in [0.25, 0.3) is 5.57 Å². The molecule has 0 unspecified atom stereocenters. The van der Waals surface area contributed by atoms with E-state index in [-0.39, 0.29) is 0 Å². The van der Waals surface area contributed by atoms with Gasteiger partial charge in [-0.2, -0.15) is 0 Å². The SMILES string of the molecule is C=C/C(=C\C)C(=C)c1cc[nH]c1N=C. The van der Waals surface area contributed by atoms with Crippen molar-refractivity contribution >= 4 is 18.1 Å². The van der Waals surface area contributed by atoms with Gasteiger partial charge in [-0.25, -0.2) is 4.99 Å². The molecule has 0 spiro atoms. The summed E-state index contributed by atoms with van der Waals surface area (Å²) in [4.78, 5) is 6.86. The first kappa shape index (κ1) is 10.3. The van der Waals surface area contributed by atoms with Gasteiger partial charge in [-0.15, -0.1) is 0 Å². The van der Waals surface area contributed by atoms with Gasteiger partial charge in [-0.3, -0.25) is 0 Å². The summed E-state index contributed by atoms with van der Waals surface area (Å²) in [5, 5.41) is 0. The predicted octanol–water partition coefficient (Wildman–Crippen LogP) is 3.49. The van der Waals surface area contributed by atoms with Gasteiger partial charge in [0.25, 0.3) is 0 Å². The second-order valence-electron chi connectivity index (χ2n) is 2.82. The van der Waals surface area contributed by atoms with Gasteiger partial charge >= 0.3 is 0 Å². The lowest BCUT2D eigenvalue weighted by Gasteiger charge is -2.04. The average molecular weight is 186 g/mol. The van der Waals surface area contributed by atoms with E-state index < -0.39 is 0 Å². The Labute approximate surface area is 84.4 Å². The first-order chi connectivity index (χ1) is 6.74. The molecule has 1 aromatic rings. The number of hydrogen-bond acceptors (Lipinski definition) is 1. The van der Waals surface area contributed by atoms with Crippen molar-refractivity contribution in [2.45, 2.75) is 6.92 Å². The number of aromatic amines is 1. The number of aromatic nitrogens is 1. The Morgan fingerprint density at radius 3 is 2.79 bits per heavy atom. The van der Waals surface area contributed by atoms with Crippen LogP contribution < -0.4 is 0 Å². The summed E-state index contributed by atoms with van der Waals surface area (Å²) >= 11 is 0. The molecule has 2 heteroatoms. The minimum absolute atomic E-state index is 0.746. The minimum atomic E-state index is 0.746. The molecule has 2 nitrogen and oxygen atoms in total. The van der Waals surface area contributed by atoms with Crippen molar-refractivity contribution in [1.29, 1.82) is 0 Å². The Morgan fingerprint density at radius 1 is 1.57 bits per heavy atom. The fraction of sp³-hybridized carbons (Fsp3) is 0.0833. The zero-order valence-corrected chi connectivity index (χ0v) is 8.38. The highest BCUT2D eigenvalue weighted by molar-refractivity contribution is 5.84. The molecule has 0 bridgehead atoms. The minimum Gasteiger partial charge on any atom is -0.346 e. The molecule has 0 aliphatic rings. The molecular weight excluding hydrogens is 172 g/mol. The van der Waals surface area contributed by atoms with Crippen molar-refractivity contribution in [3.05, 3.63) is 48.7 Å². The second kappa shape index (κ2) is 4.42. The molecule has 0 aliphatic heterocycles. The zero-order valence-electron chi connectivity index (χ0n) is 8.38. The Balaban J connectivity index is 3.12. The van der Waals surface area contributed by atoms with Crippen LogP contribution >= 0.6 is 0 Å². The predicted molar refractivity (Wildman–Crippen MR) is 63.0 cm³/mol. The molecule has 72 valence electrons. The van der Waals surface area contributed by atoms with Gasteiger partial charge in [-0.1, -0.05) is 25.3 Å². The standard InChI is InChI=1S/C12H14N2/c1-5-10(6-2)9(3)11-7-8-14-12(11)13-4/h5-8,14H,1,3-4H2,2H3/b10-6+. The fourth-order valence-electron chi connectivity index (χ4n) is 1.31. The summed E-state index contributed by atoms with van der Waals surface area (Å²) in [5.41, 5.74) is 2.88. The van der Waals surface area contributed by atoms with E-state index in [1.807, 2.05) is 25.3 Å². The van der Waals surface area contributed by atoms with Crippen LogP contribution in [0.15, 0.2) is 48.1 Å². The zero-order chi connectivity index (χ0) is 10.6. The van der Waals surface area contributed by atoms with E-state index in [9.17, 15) is 0 Å². The van der Waals surface area contributed by atoms with Crippen LogP contribution in [0.4, 0.5) is 5.82 Å². The highest BCUT2D eigenvalue weighted by Crippen LogP contribution is 2.28. The Kier molecular flexibility index (Phi) is 3.24. The van der Waals surface area contributed by atoms with Crippen molar-refractivity contribution < 1.29 is 0 Å². The quantitative estimate of drug-likeness (QED) is 0.550. The summed E-state index contributed by atoms with van der Waals surface area (Å²) < 4.78 is 0. The maximum Gasteiger partial charge on any atom is 0.137 e. The summed E-state index contributed by atoms with van der Waals surface area (Å²) in [6, 6.07) is 1.93. The number of allylic oxidation sites excluding steroid dienone is 4. The Morgan fingerprint density at radius 2 is 2.29 bits per heavy atom. The summed E-state index contributed by atoms with van der Waals surface area (Å²) in [6.07, 6.45) is 5.57. The lowest BCUT2D eigenvalue weighted by atomic mass is 10.0. The number of nitrogens with one attached hydrogen (secondary N) is 1. The topological polar surface area (TPSA) is 28.1 Å². The van der Waals surface area contributed by atoms with Crippen molar-refractivity contribution in [2.24, 2.45) is 4.99 Å². The van der Waals surface area contributed by atoms with Gasteiger partial charge in [0.15, 0.2) is 0 Å². The van der Waals surface area contributed by atoms with E-state index in [1.165, 1.54) is 0 Å². The van der Waals surface area contributed by atoms with Gasteiger partial charge in [0.2, 0.25) is 0 Å². The van der Waals surface area contributed by atoms with E-state index in [4.69, 9.17) is 0 Å². The molecule has 0 saturated heterocycles. The van der Waals surface area contributed by atoms with E-state index in [1.54, 1.807) is 6.08 Å². The van der Waals surface area contributed by atoms with Crippen LogP contribution in [0.5, 0.6) is 0 Å². The molecule has 0 aliphatic carbocycles. The second-order valence-corrected chi connectivity index (χ2v) is 2.82. The van der Waals surface area contributed by atoms with Crippen molar-refractivity contribution in [3.8, 4) is 0 Å². The van der Waals surface area contributed by atoms with Gasteiger partial charge < -0.3 is 4.98 Å². The number of rotatable bonds is 4. The summed E-state index contributed by atoms with van der Waals surface area (Å²) in [5.74, 6) is 0.746. The smallest absolute Gasteiger partial charge is 0.137 e. The third-order valence-corrected chi connectivity index (χ3v) is 2.09. The summed E-state index contributed by atoms with van der Waals surface area (Å²) in [7, 11) is 0. The van der Waals surface area contributed by atoms with Gasteiger partial charge in [0.05, 0.1) is 0 Å². The van der Waals surface area contributed by atoms with Gasteiger partial charge in [0.1, 0.15) is 5.82 Å². The molecule has 0 atom stereocenters. The average Bonchev–Trinajstić information content (AvgIpc) is 2.67. The molecule has 0 fully saturated rings. The lowest BCUT2D eigenvalue weighted by molar-refractivity contribution is 1.34. The molecule has 1 heterocycles. The van der Waals surface area contributed by atoms with Gasteiger partial charge in [-0.05, 0) is 30.9 Å². The number of H-pyrrole nitrogens is 1. The number of hydrogen-bond donors (Lipinski definition) is 1. The summed E-state index contributed by atoms with van der Waals surface area (Å²) in [6.45, 7) is 13.2. The first-order valence-corrected chi connectivity index (χ1v) is 4.37. The van der Waals surface area contributed by atoms with E-state index >= 15 is 0 Å². The molecule has 14 heavy (non-hydrogen) atoms. The molecule has 0 amide bonds. The fourth-order valence-corrected chi connectivity index (χ4v) is 1.31. The van der Waals surface area contributed by atoms with Crippen molar-refractivity contribution in [1.82, 2.24) is 4.98 Å². The van der Waals surface area contributed by atoms with Gasteiger partial charge in [0, 0.05) is 11.8 Å². The first-order valence-electron chi connectivity index (χ1n) is 4.37. The maximum absolute atomic E-state index is 4.00. The van der Waals surface area contributed by atoms with Crippen molar-refractivity contribution in [2.75, 3.05) is 0 Å². The normalized spacial score (nSPS) is 11.1. The molecule has 1 N–H and O–H groups in total. The molecule has 1 rings (SSSR count). The maximum atomic E-state index is 4.00. The third kappa shape index (κ3) is 1.74. The van der Waals surface area contributed by atoms with E-state index in [0.29, 0.717) is 0 Å². The van der Waals surface area contributed by atoms with Crippen LogP contribution in [0, 0.1) is 0 Å². The van der Waals surface area contributed by atoms with Crippen LogP contribution in [-0.4, -0.2) is 11.7 Å². The number of aliphatic imine (C=N–C) groups is 1. The Hall–Kier alpha value is -1.83. The molecule has 0 saturated carbocycles.